The number of hydrogen-bond acceptors (Lipinski definition) is 4. The molecule has 1 atom stereocenters. The van der Waals surface area contributed by atoms with Crippen LogP contribution in [0.15, 0.2) is 12.1 Å². The van der Waals surface area contributed by atoms with Gasteiger partial charge in [-0.05, 0) is 31.4 Å². The van der Waals surface area contributed by atoms with Gasteiger partial charge in [0, 0.05) is 6.54 Å². The van der Waals surface area contributed by atoms with E-state index in [1.54, 1.807) is 11.0 Å². The Labute approximate surface area is 117 Å². The number of piperidine rings is 1. The van der Waals surface area contributed by atoms with E-state index in [0.717, 1.165) is 30.7 Å². The van der Waals surface area contributed by atoms with Gasteiger partial charge in [-0.25, -0.2) is 0 Å². The zero-order chi connectivity index (χ0) is 13.7. The third-order valence-electron chi connectivity index (χ3n) is 3.23. The van der Waals surface area contributed by atoms with Crippen molar-refractivity contribution in [1.29, 1.82) is 0 Å². The zero-order valence-electron chi connectivity index (χ0n) is 10.8. The first-order chi connectivity index (χ1) is 9.26. The van der Waals surface area contributed by atoms with Gasteiger partial charge in [-0.3, -0.25) is 4.79 Å². The van der Waals surface area contributed by atoms with Crippen LogP contribution in [0, 0.1) is 11.8 Å². The lowest BCUT2D eigenvalue weighted by Gasteiger charge is -2.34. The molecule has 2 rings (SSSR count). The van der Waals surface area contributed by atoms with Crippen molar-refractivity contribution in [3.63, 3.8) is 0 Å². The summed E-state index contributed by atoms with van der Waals surface area (Å²) in [6, 6.07) is 3.61. The van der Waals surface area contributed by atoms with Crippen LogP contribution in [-0.2, 0) is 0 Å². The van der Waals surface area contributed by atoms with E-state index in [9.17, 15) is 9.90 Å². The van der Waals surface area contributed by atoms with E-state index in [1.165, 1.54) is 11.3 Å². The van der Waals surface area contributed by atoms with Crippen molar-refractivity contribution >= 4 is 17.2 Å². The molecule has 0 spiro atoms. The van der Waals surface area contributed by atoms with E-state index < -0.39 is 0 Å². The van der Waals surface area contributed by atoms with Crippen molar-refractivity contribution in [2.45, 2.75) is 25.3 Å². The first-order valence-electron chi connectivity index (χ1n) is 6.47. The molecular formula is C14H18N2O2S. The molecule has 5 heteroatoms. The molecule has 0 saturated carbocycles. The van der Waals surface area contributed by atoms with Gasteiger partial charge in [0.25, 0.3) is 5.91 Å². The molecule has 1 fully saturated rings. The third kappa shape index (κ3) is 3.35. The Morgan fingerprint density at radius 3 is 3.11 bits per heavy atom. The van der Waals surface area contributed by atoms with Crippen LogP contribution in [0.1, 0.15) is 33.8 Å². The average Bonchev–Trinajstić information content (AvgIpc) is 2.93. The van der Waals surface area contributed by atoms with Crippen molar-refractivity contribution in [3.05, 3.63) is 21.9 Å². The quantitative estimate of drug-likeness (QED) is 0.795. The fraction of sp³-hybridized carbons (Fsp3) is 0.500. The molecular weight excluding hydrogens is 260 g/mol. The number of thiophene rings is 1. The van der Waals surface area contributed by atoms with Gasteiger partial charge in [-0.2, -0.15) is 0 Å². The number of nitrogens with two attached hydrogens (primary N) is 1. The molecule has 19 heavy (non-hydrogen) atoms. The average molecular weight is 278 g/mol. The van der Waals surface area contributed by atoms with E-state index >= 15 is 0 Å². The van der Waals surface area contributed by atoms with Crippen molar-refractivity contribution < 1.29 is 9.90 Å². The summed E-state index contributed by atoms with van der Waals surface area (Å²) in [5.74, 6) is 5.71. The SMILES string of the molecule is NCC#Cc1ccc(C(=O)N2CCCCC2CO)s1. The van der Waals surface area contributed by atoms with Gasteiger partial charge in [-0.1, -0.05) is 11.8 Å². The molecule has 102 valence electrons. The molecule has 1 aromatic heterocycles. The molecule has 1 aromatic rings. The smallest absolute Gasteiger partial charge is 0.264 e. The van der Waals surface area contributed by atoms with Crippen LogP contribution in [0.3, 0.4) is 0 Å². The minimum absolute atomic E-state index is 0.00421. The molecule has 0 radical (unpaired) electrons. The molecule has 0 bridgehead atoms. The van der Waals surface area contributed by atoms with Gasteiger partial charge in [0.05, 0.1) is 28.9 Å². The summed E-state index contributed by atoms with van der Waals surface area (Å²) in [7, 11) is 0. The zero-order valence-corrected chi connectivity index (χ0v) is 11.6. The van der Waals surface area contributed by atoms with Crippen molar-refractivity contribution in [2.24, 2.45) is 5.73 Å². The highest BCUT2D eigenvalue weighted by Crippen LogP contribution is 2.23. The van der Waals surface area contributed by atoms with Crippen LogP contribution in [0.5, 0.6) is 0 Å². The fourth-order valence-electron chi connectivity index (χ4n) is 2.26. The second-order valence-corrected chi connectivity index (χ2v) is 5.58. The number of nitrogens with zero attached hydrogens (tertiary/aromatic N) is 1. The highest BCUT2D eigenvalue weighted by Gasteiger charge is 2.27. The molecule has 2 heterocycles. The van der Waals surface area contributed by atoms with E-state index in [4.69, 9.17) is 5.73 Å². The Morgan fingerprint density at radius 1 is 1.53 bits per heavy atom. The third-order valence-corrected chi connectivity index (χ3v) is 4.22. The normalized spacial score (nSPS) is 18.8. The van der Waals surface area contributed by atoms with Crippen molar-refractivity contribution in [3.8, 4) is 11.8 Å². The van der Waals surface area contributed by atoms with Gasteiger partial charge in [0.2, 0.25) is 0 Å². The summed E-state index contributed by atoms with van der Waals surface area (Å²) < 4.78 is 0. The van der Waals surface area contributed by atoms with Crippen LogP contribution < -0.4 is 5.73 Å². The number of aliphatic hydroxyl groups is 1. The van der Waals surface area contributed by atoms with Crippen molar-refractivity contribution in [2.75, 3.05) is 19.7 Å². The summed E-state index contributed by atoms with van der Waals surface area (Å²) in [6.07, 6.45) is 2.97. The Morgan fingerprint density at radius 2 is 2.37 bits per heavy atom. The summed E-state index contributed by atoms with van der Waals surface area (Å²) in [6.45, 7) is 1.09. The lowest BCUT2D eigenvalue weighted by Crippen LogP contribution is -2.45. The number of amides is 1. The Hall–Kier alpha value is -1.35. The van der Waals surface area contributed by atoms with Crippen LogP contribution >= 0.6 is 11.3 Å². The maximum absolute atomic E-state index is 12.4. The molecule has 1 unspecified atom stereocenters. The number of carbonyl (C=O) groups is 1. The van der Waals surface area contributed by atoms with Crippen LogP contribution in [0.25, 0.3) is 0 Å². The monoisotopic (exact) mass is 278 g/mol. The molecule has 3 N–H and O–H groups in total. The first-order valence-corrected chi connectivity index (χ1v) is 7.28. The molecule has 1 aliphatic heterocycles. The molecule has 1 amide bonds. The largest absolute Gasteiger partial charge is 0.394 e. The lowest BCUT2D eigenvalue weighted by atomic mass is 10.0. The van der Waals surface area contributed by atoms with E-state index in [2.05, 4.69) is 11.8 Å². The Balaban J connectivity index is 2.12. The van der Waals surface area contributed by atoms with Crippen LogP contribution in [-0.4, -0.2) is 41.7 Å². The summed E-state index contributed by atoms with van der Waals surface area (Å²) >= 11 is 1.39. The maximum atomic E-state index is 12.4. The first kappa shape index (κ1) is 14.1. The molecule has 1 aliphatic rings. The predicted octanol–water partition coefficient (Wildman–Crippen LogP) is 1.05. The van der Waals surface area contributed by atoms with Gasteiger partial charge in [0.1, 0.15) is 0 Å². The topological polar surface area (TPSA) is 66.6 Å². The Kier molecular flexibility index (Phi) is 4.97. The van der Waals surface area contributed by atoms with Crippen LogP contribution in [0.2, 0.25) is 0 Å². The number of hydrogen-bond donors (Lipinski definition) is 2. The summed E-state index contributed by atoms with van der Waals surface area (Å²) in [5, 5.41) is 9.35. The van der Waals surface area contributed by atoms with Crippen molar-refractivity contribution in [1.82, 2.24) is 4.90 Å². The number of carbonyl (C=O) groups excluding carboxylic acids is 1. The minimum atomic E-state index is -0.0399. The second kappa shape index (κ2) is 6.71. The minimum Gasteiger partial charge on any atom is -0.394 e. The summed E-state index contributed by atoms with van der Waals surface area (Å²) in [5.41, 5.74) is 5.32. The highest BCUT2D eigenvalue weighted by atomic mass is 32.1. The predicted molar refractivity (Wildman–Crippen MR) is 76.0 cm³/mol. The van der Waals surface area contributed by atoms with E-state index in [-0.39, 0.29) is 18.6 Å². The molecule has 0 aliphatic carbocycles. The van der Waals surface area contributed by atoms with Gasteiger partial charge >= 0.3 is 0 Å². The molecule has 1 saturated heterocycles. The standard InChI is InChI=1S/C14H18N2O2S/c15-8-3-5-12-6-7-13(19-12)14(18)16-9-2-1-4-11(16)10-17/h6-7,11,17H,1-2,4,8-10,15H2. The maximum Gasteiger partial charge on any atom is 0.264 e. The van der Waals surface area contributed by atoms with Crippen LogP contribution in [0.4, 0.5) is 0 Å². The number of aliphatic hydroxyl groups excluding tert-OH is 1. The van der Waals surface area contributed by atoms with E-state index in [0.29, 0.717) is 11.4 Å². The van der Waals surface area contributed by atoms with Gasteiger partial charge in [0.15, 0.2) is 0 Å². The highest BCUT2D eigenvalue weighted by molar-refractivity contribution is 7.14. The lowest BCUT2D eigenvalue weighted by molar-refractivity contribution is 0.0508. The fourth-order valence-corrected chi connectivity index (χ4v) is 3.09. The molecule has 4 nitrogen and oxygen atoms in total. The van der Waals surface area contributed by atoms with Gasteiger partial charge in [-0.15, -0.1) is 11.3 Å². The molecule has 0 aromatic carbocycles. The summed E-state index contributed by atoms with van der Waals surface area (Å²) in [4.78, 5) is 15.7. The number of rotatable bonds is 2. The second-order valence-electron chi connectivity index (χ2n) is 4.50. The number of likely N-dealkylation sites (tertiary alicyclic amines) is 1. The van der Waals surface area contributed by atoms with E-state index in [1.807, 2.05) is 6.07 Å². The van der Waals surface area contributed by atoms with Gasteiger partial charge < -0.3 is 15.7 Å². The Bertz CT molecular complexity index is 501.